The summed E-state index contributed by atoms with van der Waals surface area (Å²) in [5.74, 6) is 1.53. The number of hydrogen-bond donors (Lipinski definition) is 1. The first-order chi connectivity index (χ1) is 13.0. The Bertz CT molecular complexity index is 1000. The maximum absolute atomic E-state index is 13.3. The second-order valence-electron chi connectivity index (χ2n) is 6.72. The van der Waals surface area contributed by atoms with Crippen molar-refractivity contribution in [3.8, 4) is 11.5 Å². The van der Waals surface area contributed by atoms with E-state index in [1.165, 1.54) is 12.1 Å². The van der Waals surface area contributed by atoms with Crippen molar-refractivity contribution in [2.75, 3.05) is 20.8 Å². The Kier molecular flexibility index (Phi) is 4.43. The Balaban J connectivity index is 1.45. The molecule has 1 atom stereocenters. The van der Waals surface area contributed by atoms with Crippen LogP contribution in [0.15, 0.2) is 36.4 Å². The van der Waals surface area contributed by atoms with Crippen molar-refractivity contribution < 1.29 is 18.7 Å². The molecule has 1 aromatic heterocycles. The van der Waals surface area contributed by atoms with Gasteiger partial charge in [-0.1, -0.05) is 6.07 Å². The monoisotopic (exact) mass is 369 g/mol. The van der Waals surface area contributed by atoms with Crippen LogP contribution in [0.3, 0.4) is 0 Å². The summed E-state index contributed by atoms with van der Waals surface area (Å²) in [7, 11) is 3.35. The third-order valence-electron chi connectivity index (χ3n) is 4.79. The van der Waals surface area contributed by atoms with Crippen LogP contribution in [0, 0.1) is 11.7 Å². The number of ether oxygens (including phenoxy) is 2. The molecule has 0 fully saturated rings. The number of hydrogen-bond acceptors (Lipinski definition) is 4. The predicted octanol–water partition coefficient (Wildman–Crippen LogP) is 2.92. The van der Waals surface area contributed by atoms with Crippen LogP contribution in [-0.4, -0.2) is 41.5 Å². The molecule has 0 spiro atoms. The number of carbonyl (C=O) groups is 1. The first-order valence-electron chi connectivity index (χ1n) is 8.72. The summed E-state index contributed by atoms with van der Waals surface area (Å²) in [5, 5.41) is 0. The molecule has 4 rings (SSSR count). The van der Waals surface area contributed by atoms with Crippen LogP contribution in [0.2, 0.25) is 0 Å². The molecule has 3 aromatic rings. The molecule has 1 aliphatic rings. The Morgan fingerprint density at radius 2 is 2.22 bits per heavy atom. The number of benzene rings is 2. The molecule has 0 saturated heterocycles. The van der Waals surface area contributed by atoms with Crippen molar-refractivity contribution in [1.82, 2.24) is 14.9 Å². The number of rotatable bonds is 4. The van der Waals surface area contributed by atoms with E-state index >= 15 is 0 Å². The predicted molar refractivity (Wildman–Crippen MR) is 98.2 cm³/mol. The van der Waals surface area contributed by atoms with E-state index < -0.39 is 0 Å². The van der Waals surface area contributed by atoms with E-state index in [1.807, 2.05) is 18.2 Å². The molecule has 27 heavy (non-hydrogen) atoms. The van der Waals surface area contributed by atoms with Gasteiger partial charge in [-0.15, -0.1) is 0 Å². The number of amides is 1. The molecule has 7 heteroatoms. The highest BCUT2D eigenvalue weighted by atomic mass is 19.1. The molecule has 2 aromatic carbocycles. The smallest absolute Gasteiger partial charge is 0.229 e. The Labute approximate surface area is 155 Å². The van der Waals surface area contributed by atoms with Crippen molar-refractivity contribution in [1.29, 1.82) is 0 Å². The fourth-order valence-electron chi connectivity index (χ4n) is 3.36. The van der Waals surface area contributed by atoms with Gasteiger partial charge in [-0.25, -0.2) is 9.37 Å². The largest absolute Gasteiger partial charge is 0.497 e. The SMILES string of the molecule is COc1ccc2c(c1)OCC(C(=O)N(C)Cc1nc3ccc(F)cc3[nH]1)C2. The molecule has 6 nitrogen and oxygen atoms in total. The van der Waals surface area contributed by atoms with E-state index in [0.717, 1.165) is 17.1 Å². The number of halogens is 1. The number of imidazole rings is 1. The quantitative estimate of drug-likeness (QED) is 0.768. The average Bonchev–Trinajstić information content (AvgIpc) is 3.07. The summed E-state index contributed by atoms with van der Waals surface area (Å²) in [4.78, 5) is 21.9. The number of H-pyrrole nitrogens is 1. The van der Waals surface area contributed by atoms with Crippen molar-refractivity contribution in [2.24, 2.45) is 5.92 Å². The lowest BCUT2D eigenvalue weighted by atomic mass is 9.95. The van der Waals surface area contributed by atoms with Gasteiger partial charge in [-0.2, -0.15) is 0 Å². The lowest BCUT2D eigenvalue weighted by molar-refractivity contribution is -0.136. The first-order valence-corrected chi connectivity index (χ1v) is 8.72. The molecule has 1 unspecified atom stereocenters. The highest BCUT2D eigenvalue weighted by Gasteiger charge is 2.29. The van der Waals surface area contributed by atoms with Crippen molar-refractivity contribution in [3.63, 3.8) is 0 Å². The van der Waals surface area contributed by atoms with Crippen LogP contribution in [0.1, 0.15) is 11.4 Å². The van der Waals surface area contributed by atoms with Gasteiger partial charge in [-0.05, 0) is 36.2 Å². The second-order valence-corrected chi connectivity index (χ2v) is 6.72. The number of nitrogens with zero attached hydrogens (tertiary/aromatic N) is 2. The van der Waals surface area contributed by atoms with Crippen LogP contribution in [0.25, 0.3) is 11.0 Å². The van der Waals surface area contributed by atoms with Gasteiger partial charge in [-0.3, -0.25) is 4.79 Å². The highest BCUT2D eigenvalue weighted by Crippen LogP contribution is 2.31. The topological polar surface area (TPSA) is 67.5 Å². The Hall–Kier alpha value is -3.09. The van der Waals surface area contributed by atoms with E-state index in [1.54, 1.807) is 25.1 Å². The molecular formula is C20H20FN3O3. The molecule has 0 saturated carbocycles. The lowest BCUT2D eigenvalue weighted by Gasteiger charge is -2.28. The van der Waals surface area contributed by atoms with Crippen molar-refractivity contribution in [3.05, 3.63) is 53.6 Å². The van der Waals surface area contributed by atoms with Gasteiger partial charge in [0.15, 0.2) is 0 Å². The molecule has 0 aliphatic carbocycles. The fourth-order valence-corrected chi connectivity index (χ4v) is 3.36. The van der Waals surface area contributed by atoms with E-state index in [4.69, 9.17) is 9.47 Å². The number of aromatic amines is 1. The fraction of sp³-hybridized carbons (Fsp3) is 0.300. The van der Waals surface area contributed by atoms with Gasteiger partial charge in [0.25, 0.3) is 0 Å². The summed E-state index contributed by atoms with van der Waals surface area (Å²) in [6.45, 7) is 0.649. The number of methoxy groups -OCH3 is 1. The van der Waals surface area contributed by atoms with E-state index in [0.29, 0.717) is 36.4 Å². The Morgan fingerprint density at radius 3 is 3.04 bits per heavy atom. The molecule has 0 bridgehead atoms. The highest BCUT2D eigenvalue weighted by molar-refractivity contribution is 5.80. The molecule has 1 amide bonds. The number of aromatic nitrogens is 2. The Morgan fingerprint density at radius 1 is 1.37 bits per heavy atom. The van der Waals surface area contributed by atoms with Gasteiger partial charge < -0.3 is 19.4 Å². The summed E-state index contributed by atoms with van der Waals surface area (Å²) in [5.41, 5.74) is 2.29. The molecule has 2 heterocycles. The van der Waals surface area contributed by atoms with Crippen LogP contribution >= 0.6 is 0 Å². The lowest BCUT2D eigenvalue weighted by Crippen LogP contribution is -2.38. The van der Waals surface area contributed by atoms with Crippen LogP contribution in [0.4, 0.5) is 4.39 Å². The number of fused-ring (bicyclic) bond motifs is 2. The maximum Gasteiger partial charge on any atom is 0.229 e. The van der Waals surface area contributed by atoms with Gasteiger partial charge in [0, 0.05) is 13.1 Å². The maximum atomic E-state index is 13.3. The molecule has 1 N–H and O–H groups in total. The zero-order valence-electron chi connectivity index (χ0n) is 15.2. The molecule has 1 aliphatic heterocycles. The van der Waals surface area contributed by atoms with Gasteiger partial charge >= 0.3 is 0 Å². The van der Waals surface area contributed by atoms with Crippen molar-refractivity contribution in [2.45, 2.75) is 13.0 Å². The standard InChI is InChI=1S/C20H20FN3O3/c1-24(10-19-22-16-6-4-14(21)8-17(16)23-19)20(25)13-7-12-3-5-15(26-2)9-18(12)27-11-13/h3-6,8-9,13H,7,10-11H2,1-2H3,(H,22,23). The summed E-state index contributed by atoms with van der Waals surface area (Å²) in [6, 6.07) is 10.0. The molecular weight excluding hydrogens is 349 g/mol. The third kappa shape index (κ3) is 3.45. The summed E-state index contributed by atoms with van der Waals surface area (Å²) < 4.78 is 24.3. The minimum atomic E-state index is -0.322. The van der Waals surface area contributed by atoms with Gasteiger partial charge in [0.05, 0.1) is 30.6 Å². The zero-order chi connectivity index (χ0) is 19.0. The molecule has 140 valence electrons. The van der Waals surface area contributed by atoms with Crippen LogP contribution in [0.5, 0.6) is 11.5 Å². The summed E-state index contributed by atoms with van der Waals surface area (Å²) >= 11 is 0. The molecule has 0 radical (unpaired) electrons. The van der Waals surface area contributed by atoms with Gasteiger partial charge in [0.2, 0.25) is 5.91 Å². The minimum absolute atomic E-state index is 0.0110. The van der Waals surface area contributed by atoms with Crippen LogP contribution in [-0.2, 0) is 17.8 Å². The normalized spacial score (nSPS) is 15.9. The zero-order valence-corrected chi connectivity index (χ0v) is 15.2. The second kappa shape index (κ2) is 6.90. The van der Waals surface area contributed by atoms with Crippen LogP contribution < -0.4 is 9.47 Å². The number of carbonyl (C=O) groups excluding carboxylic acids is 1. The minimum Gasteiger partial charge on any atom is -0.497 e. The van der Waals surface area contributed by atoms with Crippen molar-refractivity contribution >= 4 is 16.9 Å². The van der Waals surface area contributed by atoms with E-state index in [-0.39, 0.29) is 17.6 Å². The van der Waals surface area contributed by atoms with E-state index in [9.17, 15) is 9.18 Å². The third-order valence-corrected chi connectivity index (χ3v) is 4.79. The van der Waals surface area contributed by atoms with Gasteiger partial charge in [0.1, 0.15) is 29.7 Å². The average molecular weight is 369 g/mol. The van der Waals surface area contributed by atoms with E-state index in [2.05, 4.69) is 9.97 Å². The number of nitrogens with one attached hydrogen (secondary N) is 1. The summed E-state index contributed by atoms with van der Waals surface area (Å²) in [6.07, 6.45) is 0.619. The first kappa shape index (κ1) is 17.3.